The minimum Gasteiger partial charge on any atom is -0.493 e. The van der Waals surface area contributed by atoms with Gasteiger partial charge in [0.15, 0.2) is 5.69 Å². The molecule has 2 rings (SSSR count). The van der Waals surface area contributed by atoms with Crippen LogP contribution in [0.3, 0.4) is 0 Å². The van der Waals surface area contributed by atoms with Crippen molar-refractivity contribution in [3.05, 3.63) is 5.69 Å². The van der Waals surface area contributed by atoms with Crippen LogP contribution in [0.2, 0.25) is 0 Å². The zero-order valence-corrected chi connectivity index (χ0v) is 11.3. The molecule has 19 heavy (non-hydrogen) atoms. The minimum absolute atomic E-state index is 0.352. The highest BCUT2D eigenvalue weighted by Gasteiger charge is 2.41. The summed E-state index contributed by atoms with van der Waals surface area (Å²) in [4.78, 5) is 4.72. The number of thioether (sulfide) groups is 1. The van der Waals surface area contributed by atoms with Gasteiger partial charge in [0.05, 0.1) is 0 Å². The Balaban J connectivity index is 2.31. The van der Waals surface area contributed by atoms with E-state index in [-0.39, 0.29) is 4.90 Å². The van der Waals surface area contributed by atoms with Gasteiger partial charge < -0.3 is 9.94 Å². The van der Waals surface area contributed by atoms with Gasteiger partial charge in [0.1, 0.15) is 15.5 Å². The van der Waals surface area contributed by atoms with Crippen molar-refractivity contribution >= 4 is 16.8 Å². The molecule has 0 aliphatic carbocycles. The Bertz CT molecular complexity index is 537. The van der Waals surface area contributed by atoms with Crippen molar-refractivity contribution in [3.8, 4) is 5.88 Å². The second-order valence-corrected chi connectivity index (χ2v) is 5.82. The number of aromatic nitrogens is 2. The molecule has 106 valence electrons. The van der Waals surface area contributed by atoms with Crippen molar-refractivity contribution in [2.45, 2.75) is 36.9 Å². The highest BCUT2D eigenvalue weighted by molar-refractivity contribution is 8.14. The van der Waals surface area contributed by atoms with Crippen LogP contribution < -0.4 is 0 Å². The minimum atomic E-state index is -4.63. The second-order valence-electron chi connectivity index (χ2n) is 4.74. The predicted molar refractivity (Wildman–Crippen MR) is 62.9 cm³/mol. The van der Waals surface area contributed by atoms with E-state index in [2.05, 4.69) is 10.3 Å². The van der Waals surface area contributed by atoms with Crippen molar-refractivity contribution in [1.29, 1.82) is 0 Å². The van der Waals surface area contributed by atoms with E-state index in [0.717, 1.165) is 16.4 Å². The molecule has 0 saturated heterocycles. The normalized spacial score (nSPS) is 18.3. The highest BCUT2D eigenvalue weighted by atomic mass is 32.2. The third-order valence-corrected chi connectivity index (χ3v) is 3.47. The highest BCUT2D eigenvalue weighted by Crippen LogP contribution is 2.43. The molecule has 0 fully saturated rings. The molecule has 0 atom stereocenters. The van der Waals surface area contributed by atoms with E-state index in [1.807, 2.05) is 0 Å². The van der Waals surface area contributed by atoms with Crippen LogP contribution in [0.4, 0.5) is 13.2 Å². The molecule has 1 aliphatic rings. The first kappa shape index (κ1) is 14.0. The standard InChI is InChI=1S/C10H12F3N3O2S/c1-9(2)4-5(15-18-9)19-6-7(10(11,12)13)14-16(3)8(6)17/h17H,4H2,1-3H3. The number of rotatable bonds is 1. The largest absolute Gasteiger partial charge is 0.493 e. The van der Waals surface area contributed by atoms with Crippen LogP contribution in [-0.4, -0.2) is 25.5 Å². The smallest absolute Gasteiger partial charge is 0.436 e. The average Bonchev–Trinajstić information content (AvgIpc) is 2.72. The van der Waals surface area contributed by atoms with Crippen LogP contribution in [0.25, 0.3) is 0 Å². The molecule has 2 heterocycles. The first-order chi connectivity index (χ1) is 8.60. The summed E-state index contributed by atoms with van der Waals surface area (Å²) in [5, 5.41) is 17.0. The van der Waals surface area contributed by atoms with Crippen molar-refractivity contribution < 1.29 is 23.1 Å². The molecule has 1 aromatic heterocycles. The number of alkyl halides is 3. The molecule has 9 heteroatoms. The van der Waals surface area contributed by atoms with Gasteiger partial charge in [-0.15, -0.1) is 0 Å². The van der Waals surface area contributed by atoms with Crippen molar-refractivity contribution in [1.82, 2.24) is 9.78 Å². The van der Waals surface area contributed by atoms with Gasteiger partial charge >= 0.3 is 6.18 Å². The molecule has 0 radical (unpaired) electrons. The maximum atomic E-state index is 12.8. The molecular formula is C10H12F3N3O2S. The van der Waals surface area contributed by atoms with Crippen LogP contribution in [-0.2, 0) is 18.1 Å². The lowest BCUT2D eigenvalue weighted by atomic mass is 10.1. The third-order valence-electron chi connectivity index (χ3n) is 2.43. The lowest BCUT2D eigenvalue weighted by Gasteiger charge is -2.13. The van der Waals surface area contributed by atoms with E-state index < -0.39 is 23.4 Å². The van der Waals surface area contributed by atoms with Crippen molar-refractivity contribution in [3.63, 3.8) is 0 Å². The Kier molecular flexibility index (Phi) is 3.20. The molecule has 0 bridgehead atoms. The molecular weight excluding hydrogens is 283 g/mol. The molecule has 1 aromatic rings. The van der Waals surface area contributed by atoms with Crippen molar-refractivity contribution in [2.24, 2.45) is 12.2 Å². The van der Waals surface area contributed by atoms with Gasteiger partial charge in [-0.2, -0.15) is 18.3 Å². The molecule has 1 N–H and O–H groups in total. The summed E-state index contributed by atoms with van der Waals surface area (Å²) in [5.74, 6) is -0.537. The predicted octanol–water partition coefficient (Wildman–Crippen LogP) is 2.75. The summed E-state index contributed by atoms with van der Waals surface area (Å²) < 4.78 is 39.2. The number of oxime groups is 1. The van der Waals surface area contributed by atoms with Gasteiger partial charge in [0, 0.05) is 13.5 Å². The van der Waals surface area contributed by atoms with E-state index in [1.165, 1.54) is 7.05 Å². The zero-order valence-electron chi connectivity index (χ0n) is 10.4. The van der Waals surface area contributed by atoms with Crippen LogP contribution >= 0.6 is 11.8 Å². The van der Waals surface area contributed by atoms with E-state index in [1.54, 1.807) is 13.8 Å². The molecule has 0 unspecified atom stereocenters. The molecule has 0 spiro atoms. The zero-order chi connectivity index (χ0) is 14.4. The first-order valence-electron chi connectivity index (χ1n) is 5.36. The molecule has 0 aromatic carbocycles. The van der Waals surface area contributed by atoms with Gasteiger partial charge in [-0.3, -0.25) is 0 Å². The number of nitrogens with zero attached hydrogens (tertiary/aromatic N) is 3. The van der Waals surface area contributed by atoms with Gasteiger partial charge in [-0.1, -0.05) is 16.9 Å². The third kappa shape index (κ3) is 2.80. The van der Waals surface area contributed by atoms with E-state index in [4.69, 9.17) is 4.84 Å². The molecule has 0 saturated carbocycles. The molecule has 1 aliphatic heterocycles. The van der Waals surface area contributed by atoms with Crippen LogP contribution in [0.5, 0.6) is 5.88 Å². The fourth-order valence-electron chi connectivity index (χ4n) is 1.55. The Morgan fingerprint density at radius 2 is 2.05 bits per heavy atom. The Morgan fingerprint density at radius 3 is 2.53 bits per heavy atom. The number of hydrogen-bond acceptors (Lipinski definition) is 5. The lowest BCUT2D eigenvalue weighted by Crippen LogP contribution is -2.18. The van der Waals surface area contributed by atoms with Crippen LogP contribution in [0, 0.1) is 0 Å². The summed E-state index contributed by atoms with van der Waals surface area (Å²) in [7, 11) is 1.24. The fourth-order valence-corrected chi connectivity index (χ4v) is 2.76. The number of hydrogen-bond donors (Lipinski definition) is 1. The number of aromatic hydroxyl groups is 1. The maximum absolute atomic E-state index is 12.8. The van der Waals surface area contributed by atoms with E-state index >= 15 is 0 Å². The van der Waals surface area contributed by atoms with Crippen molar-refractivity contribution in [2.75, 3.05) is 0 Å². The summed E-state index contributed by atoms with van der Waals surface area (Å²) >= 11 is 0.726. The SMILES string of the molecule is Cn1nc(C(F)(F)F)c(SC2=NOC(C)(C)C2)c1O. The Morgan fingerprint density at radius 1 is 1.42 bits per heavy atom. The number of halogens is 3. The van der Waals surface area contributed by atoms with Gasteiger partial charge in [-0.25, -0.2) is 4.68 Å². The van der Waals surface area contributed by atoms with E-state index in [0.29, 0.717) is 11.5 Å². The topological polar surface area (TPSA) is 59.6 Å². The average molecular weight is 295 g/mol. The number of aryl methyl sites for hydroxylation is 1. The van der Waals surface area contributed by atoms with Crippen LogP contribution in [0.15, 0.2) is 10.1 Å². The quantitative estimate of drug-likeness (QED) is 0.865. The second kappa shape index (κ2) is 4.32. The monoisotopic (exact) mass is 295 g/mol. The van der Waals surface area contributed by atoms with Gasteiger partial charge in [-0.05, 0) is 13.8 Å². The maximum Gasteiger partial charge on any atom is 0.436 e. The van der Waals surface area contributed by atoms with Crippen LogP contribution in [0.1, 0.15) is 26.0 Å². The van der Waals surface area contributed by atoms with Gasteiger partial charge in [0.2, 0.25) is 5.88 Å². The summed E-state index contributed by atoms with van der Waals surface area (Å²) in [6.07, 6.45) is -4.25. The fraction of sp³-hybridized carbons (Fsp3) is 0.600. The molecule has 5 nitrogen and oxygen atoms in total. The molecule has 0 amide bonds. The Hall–Kier alpha value is -1.38. The lowest BCUT2D eigenvalue weighted by molar-refractivity contribution is -0.143. The summed E-state index contributed by atoms with van der Waals surface area (Å²) in [6, 6.07) is 0. The first-order valence-corrected chi connectivity index (χ1v) is 6.18. The Labute approximate surface area is 111 Å². The summed E-state index contributed by atoms with van der Waals surface area (Å²) in [6.45, 7) is 3.55. The summed E-state index contributed by atoms with van der Waals surface area (Å²) in [5.41, 5.74) is -1.66. The van der Waals surface area contributed by atoms with Gasteiger partial charge in [0.25, 0.3) is 0 Å². The van der Waals surface area contributed by atoms with E-state index in [9.17, 15) is 18.3 Å².